The minimum atomic E-state index is -0.431. The molecule has 0 amide bonds. The van der Waals surface area contributed by atoms with Crippen molar-refractivity contribution in [2.45, 2.75) is 6.54 Å². The van der Waals surface area contributed by atoms with Gasteiger partial charge in [-0.05, 0) is 40.2 Å². The number of anilines is 2. The highest BCUT2D eigenvalue weighted by Crippen LogP contribution is 2.22. The van der Waals surface area contributed by atoms with E-state index in [4.69, 9.17) is 5.73 Å². The molecule has 0 radical (unpaired) electrons. The first kappa shape index (κ1) is 13.9. The molecule has 0 aliphatic carbocycles. The second-order valence-corrected chi connectivity index (χ2v) is 5.79. The van der Waals surface area contributed by atoms with Crippen molar-refractivity contribution in [3.63, 3.8) is 0 Å². The number of halogens is 1. The molecule has 1 heterocycles. The molecule has 1 aromatic heterocycles. The maximum absolute atomic E-state index is 11.5. The third kappa shape index (κ3) is 3.48. The Balaban J connectivity index is 2.10. The van der Waals surface area contributed by atoms with Crippen molar-refractivity contribution in [1.29, 1.82) is 0 Å². The van der Waals surface area contributed by atoms with Crippen LogP contribution in [0.15, 0.2) is 34.1 Å². The van der Waals surface area contributed by atoms with Gasteiger partial charge in [0.15, 0.2) is 0 Å². The number of carbonyl (C=O) groups is 1. The number of nitrogens with one attached hydrogen (secondary N) is 1. The van der Waals surface area contributed by atoms with Gasteiger partial charge in [0, 0.05) is 32.6 Å². The molecule has 100 valence electrons. The molecule has 0 saturated carbocycles. The first-order chi connectivity index (χ1) is 9.10. The molecule has 6 heteroatoms. The topological polar surface area (TPSA) is 64.3 Å². The third-order valence-corrected chi connectivity index (χ3v) is 4.24. The van der Waals surface area contributed by atoms with Gasteiger partial charge in [-0.25, -0.2) is 4.79 Å². The van der Waals surface area contributed by atoms with E-state index in [1.165, 1.54) is 12.0 Å². The van der Waals surface area contributed by atoms with Crippen LogP contribution in [0.4, 0.5) is 11.4 Å². The van der Waals surface area contributed by atoms with Crippen LogP contribution in [0.2, 0.25) is 0 Å². The van der Waals surface area contributed by atoms with Gasteiger partial charge in [-0.15, -0.1) is 11.3 Å². The Morgan fingerprint density at radius 3 is 2.89 bits per heavy atom. The van der Waals surface area contributed by atoms with E-state index < -0.39 is 5.97 Å². The number of methoxy groups -OCH3 is 1. The summed E-state index contributed by atoms with van der Waals surface area (Å²) in [7, 11) is 1.34. The Labute approximate surface area is 123 Å². The van der Waals surface area contributed by atoms with Crippen LogP contribution < -0.4 is 11.1 Å². The minimum absolute atomic E-state index is 0.375. The number of nitrogen functional groups attached to an aromatic ring is 1. The first-order valence-electron chi connectivity index (χ1n) is 5.55. The van der Waals surface area contributed by atoms with Crippen molar-refractivity contribution >= 4 is 44.6 Å². The zero-order chi connectivity index (χ0) is 13.8. The maximum Gasteiger partial charge on any atom is 0.340 e. The molecule has 0 fully saturated rings. The van der Waals surface area contributed by atoms with Crippen molar-refractivity contribution in [2.24, 2.45) is 0 Å². The van der Waals surface area contributed by atoms with Crippen LogP contribution in [0, 0.1) is 0 Å². The van der Waals surface area contributed by atoms with Gasteiger partial charge in [0.25, 0.3) is 0 Å². The van der Waals surface area contributed by atoms with E-state index in [0.29, 0.717) is 17.8 Å². The molecule has 0 atom stereocenters. The summed E-state index contributed by atoms with van der Waals surface area (Å²) in [6.07, 6.45) is 0. The first-order valence-corrected chi connectivity index (χ1v) is 7.22. The van der Waals surface area contributed by atoms with Crippen molar-refractivity contribution < 1.29 is 9.53 Å². The van der Waals surface area contributed by atoms with E-state index in [-0.39, 0.29) is 0 Å². The minimum Gasteiger partial charge on any atom is -0.465 e. The molecule has 2 aromatic rings. The summed E-state index contributed by atoms with van der Waals surface area (Å²) in [6.45, 7) is 0.695. The van der Waals surface area contributed by atoms with Crippen molar-refractivity contribution in [3.05, 3.63) is 44.6 Å². The van der Waals surface area contributed by atoms with E-state index in [2.05, 4.69) is 32.0 Å². The summed E-state index contributed by atoms with van der Waals surface area (Å²) in [5.41, 5.74) is 7.36. The Hall–Kier alpha value is -1.53. The Morgan fingerprint density at radius 1 is 1.47 bits per heavy atom. The summed E-state index contributed by atoms with van der Waals surface area (Å²) in [4.78, 5) is 12.7. The summed E-state index contributed by atoms with van der Waals surface area (Å²) >= 11 is 5.07. The highest BCUT2D eigenvalue weighted by atomic mass is 79.9. The fourth-order valence-corrected chi connectivity index (χ4v) is 2.98. The third-order valence-electron chi connectivity index (χ3n) is 2.55. The molecule has 0 saturated heterocycles. The van der Waals surface area contributed by atoms with Crippen LogP contribution >= 0.6 is 27.3 Å². The fourth-order valence-electron chi connectivity index (χ4n) is 1.59. The number of carbonyl (C=O) groups excluding carboxylic acids is 1. The molecule has 19 heavy (non-hydrogen) atoms. The van der Waals surface area contributed by atoms with Gasteiger partial charge < -0.3 is 15.8 Å². The fraction of sp³-hybridized carbons (Fsp3) is 0.154. The summed E-state index contributed by atoms with van der Waals surface area (Å²) in [6, 6.07) is 7.28. The standard InChI is InChI=1S/C13H13BrN2O2S/c1-18-13(17)11-5-9(2-3-12(11)15)16-6-10-4-8(14)7-19-10/h2-5,7,16H,6,15H2,1H3. The van der Waals surface area contributed by atoms with Crippen LogP contribution in [-0.2, 0) is 11.3 Å². The Bertz CT molecular complexity index is 598. The largest absolute Gasteiger partial charge is 0.465 e. The maximum atomic E-state index is 11.5. The number of hydrogen-bond donors (Lipinski definition) is 2. The van der Waals surface area contributed by atoms with Crippen molar-refractivity contribution in [2.75, 3.05) is 18.2 Å². The lowest BCUT2D eigenvalue weighted by atomic mass is 10.1. The van der Waals surface area contributed by atoms with Crippen molar-refractivity contribution in [1.82, 2.24) is 0 Å². The van der Waals surface area contributed by atoms with Crippen LogP contribution in [0.3, 0.4) is 0 Å². The van der Waals surface area contributed by atoms with Gasteiger partial charge in [0.1, 0.15) is 0 Å². The molecule has 4 nitrogen and oxygen atoms in total. The quantitative estimate of drug-likeness (QED) is 0.660. The predicted molar refractivity (Wildman–Crippen MR) is 81.5 cm³/mol. The van der Waals surface area contributed by atoms with Crippen molar-refractivity contribution in [3.8, 4) is 0 Å². The molecule has 0 bridgehead atoms. The number of nitrogens with two attached hydrogens (primary N) is 1. The number of ether oxygens (including phenoxy) is 1. The number of benzene rings is 1. The van der Waals surface area contributed by atoms with Crippen LogP contribution in [0.5, 0.6) is 0 Å². The van der Waals surface area contributed by atoms with E-state index in [0.717, 1.165) is 10.2 Å². The zero-order valence-electron chi connectivity index (χ0n) is 10.3. The normalized spacial score (nSPS) is 10.2. The summed E-state index contributed by atoms with van der Waals surface area (Å²) in [5.74, 6) is -0.431. The monoisotopic (exact) mass is 340 g/mol. The van der Waals surface area contributed by atoms with E-state index in [1.807, 2.05) is 11.4 Å². The Morgan fingerprint density at radius 2 is 2.26 bits per heavy atom. The van der Waals surface area contributed by atoms with Gasteiger partial charge in [-0.2, -0.15) is 0 Å². The molecule has 0 unspecified atom stereocenters. The van der Waals surface area contributed by atoms with Gasteiger partial charge in [-0.3, -0.25) is 0 Å². The van der Waals surface area contributed by atoms with Crippen LogP contribution in [0.25, 0.3) is 0 Å². The number of rotatable bonds is 4. The summed E-state index contributed by atoms with van der Waals surface area (Å²) in [5, 5.41) is 5.27. The highest BCUT2D eigenvalue weighted by Gasteiger charge is 2.10. The number of hydrogen-bond acceptors (Lipinski definition) is 5. The average Bonchev–Trinajstić information content (AvgIpc) is 2.83. The highest BCUT2D eigenvalue weighted by molar-refractivity contribution is 9.10. The van der Waals surface area contributed by atoms with Gasteiger partial charge >= 0.3 is 5.97 Å². The molecule has 0 aliphatic rings. The zero-order valence-corrected chi connectivity index (χ0v) is 12.7. The molecular weight excluding hydrogens is 328 g/mol. The van der Waals surface area contributed by atoms with Crippen LogP contribution in [0.1, 0.15) is 15.2 Å². The van der Waals surface area contributed by atoms with Gasteiger partial charge in [-0.1, -0.05) is 0 Å². The van der Waals surface area contributed by atoms with Gasteiger partial charge in [0.05, 0.1) is 12.7 Å². The molecule has 2 rings (SSSR count). The van der Waals surface area contributed by atoms with Gasteiger partial charge in [0.2, 0.25) is 0 Å². The van der Waals surface area contributed by atoms with Crippen LogP contribution in [-0.4, -0.2) is 13.1 Å². The lowest BCUT2D eigenvalue weighted by molar-refractivity contribution is 0.0602. The molecule has 0 aliphatic heterocycles. The Kier molecular flexibility index (Phi) is 4.44. The lowest BCUT2D eigenvalue weighted by Gasteiger charge is -2.08. The number of esters is 1. The summed E-state index contributed by atoms with van der Waals surface area (Å²) < 4.78 is 5.76. The van der Waals surface area contributed by atoms with E-state index >= 15 is 0 Å². The number of thiophene rings is 1. The SMILES string of the molecule is COC(=O)c1cc(NCc2cc(Br)cs2)ccc1N. The average molecular weight is 341 g/mol. The smallest absolute Gasteiger partial charge is 0.340 e. The second kappa shape index (κ2) is 6.08. The molecule has 0 spiro atoms. The van der Waals surface area contributed by atoms with E-state index in [9.17, 15) is 4.79 Å². The molecule has 3 N–H and O–H groups in total. The molecule has 1 aromatic carbocycles. The second-order valence-electron chi connectivity index (χ2n) is 3.88. The lowest BCUT2D eigenvalue weighted by Crippen LogP contribution is -2.07. The van der Waals surface area contributed by atoms with E-state index in [1.54, 1.807) is 23.5 Å². The predicted octanol–water partition coefficient (Wildman–Crippen LogP) is 3.49. The molecular formula is C13H13BrN2O2S.